The van der Waals surface area contributed by atoms with Crippen LogP contribution in [-0.2, 0) is 14.3 Å². The third-order valence-corrected chi connectivity index (χ3v) is 4.47. The summed E-state index contributed by atoms with van der Waals surface area (Å²) in [5.41, 5.74) is 1.07. The van der Waals surface area contributed by atoms with E-state index >= 15 is 0 Å². The average Bonchev–Trinajstić information content (AvgIpc) is 2.70. The topological polar surface area (TPSA) is 84.5 Å². The van der Waals surface area contributed by atoms with E-state index in [2.05, 4.69) is 10.6 Å². The normalized spacial score (nSPS) is 11.7. The van der Waals surface area contributed by atoms with E-state index in [0.717, 1.165) is 23.3 Å². The molecule has 0 aromatic carbocycles. The van der Waals surface area contributed by atoms with Crippen molar-refractivity contribution in [3.8, 4) is 0 Å². The maximum Gasteiger partial charge on any atom is 0.341 e. The quantitative estimate of drug-likeness (QED) is 0.748. The number of rotatable bonds is 7. The summed E-state index contributed by atoms with van der Waals surface area (Å²) in [6.07, 6.45) is 1.84. The van der Waals surface area contributed by atoms with Crippen molar-refractivity contribution in [2.45, 2.75) is 53.5 Å². The Bertz CT molecular complexity index is 595. The Balaban J connectivity index is 2.71. The van der Waals surface area contributed by atoms with Gasteiger partial charge in [0, 0.05) is 17.8 Å². The molecule has 0 aliphatic carbocycles. The lowest BCUT2D eigenvalue weighted by Crippen LogP contribution is -2.35. The lowest BCUT2D eigenvalue weighted by atomic mass is 10.1. The average molecular weight is 340 g/mol. The van der Waals surface area contributed by atoms with E-state index in [0.29, 0.717) is 10.6 Å². The SMILES string of the molecule is CCCC(C)NC(=O)COC(=O)c1c(NC(C)=O)sc(C)c1C. The highest BCUT2D eigenvalue weighted by Crippen LogP contribution is 2.32. The molecule has 2 N–H and O–H groups in total. The van der Waals surface area contributed by atoms with Crippen LogP contribution in [0.5, 0.6) is 0 Å². The van der Waals surface area contributed by atoms with Crippen LogP contribution in [0.15, 0.2) is 0 Å². The van der Waals surface area contributed by atoms with Crippen molar-refractivity contribution in [3.63, 3.8) is 0 Å². The number of amides is 2. The number of hydrogen-bond acceptors (Lipinski definition) is 5. The number of hydrogen-bond donors (Lipinski definition) is 2. The van der Waals surface area contributed by atoms with Gasteiger partial charge in [0.2, 0.25) is 5.91 Å². The van der Waals surface area contributed by atoms with Crippen LogP contribution in [0.1, 0.15) is 54.4 Å². The first kappa shape index (κ1) is 19.2. The molecule has 1 atom stereocenters. The van der Waals surface area contributed by atoms with Crippen molar-refractivity contribution in [2.24, 2.45) is 0 Å². The van der Waals surface area contributed by atoms with Crippen LogP contribution in [0.25, 0.3) is 0 Å². The van der Waals surface area contributed by atoms with Crippen LogP contribution in [0.4, 0.5) is 5.00 Å². The number of esters is 1. The Morgan fingerprint density at radius 3 is 2.48 bits per heavy atom. The molecule has 0 radical (unpaired) electrons. The number of ether oxygens (including phenoxy) is 1. The molecule has 1 heterocycles. The smallest absolute Gasteiger partial charge is 0.341 e. The minimum Gasteiger partial charge on any atom is -0.452 e. The molecule has 128 valence electrons. The van der Waals surface area contributed by atoms with Crippen LogP contribution < -0.4 is 10.6 Å². The van der Waals surface area contributed by atoms with E-state index < -0.39 is 5.97 Å². The van der Waals surface area contributed by atoms with E-state index in [1.807, 2.05) is 20.8 Å². The lowest BCUT2D eigenvalue weighted by Gasteiger charge is -2.13. The van der Waals surface area contributed by atoms with Crippen molar-refractivity contribution in [3.05, 3.63) is 16.0 Å². The molecule has 1 rings (SSSR count). The van der Waals surface area contributed by atoms with Crippen molar-refractivity contribution in [2.75, 3.05) is 11.9 Å². The summed E-state index contributed by atoms with van der Waals surface area (Å²) in [5, 5.41) is 5.86. The second-order valence-corrected chi connectivity index (χ2v) is 6.73. The highest BCUT2D eigenvalue weighted by Gasteiger charge is 2.22. The number of thiophene rings is 1. The molecule has 1 aromatic heterocycles. The summed E-state index contributed by atoms with van der Waals surface area (Å²) < 4.78 is 5.09. The van der Waals surface area contributed by atoms with Gasteiger partial charge in [-0.15, -0.1) is 11.3 Å². The largest absolute Gasteiger partial charge is 0.452 e. The minimum atomic E-state index is -0.603. The molecule has 2 amide bonds. The predicted octanol–water partition coefficient (Wildman–Crippen LogP) is 2.78. The fourth-order valence-electron chi connectivity index (χ4n) is 2.15. The molecule has 0 spiro atoms. The van der Waals surface area contributed by atoms with Gasteiger partial charge < -0.3 is 15.4 Å². The maximum atomic E-state index is 12.3. The molecule has 0 saturated heterocycles. The van der Waals surface area contributed by atoms with Gasteiger partial charge in [-0.3, -0.25) is 9.59 Å². The molecule has 6 nitrogen and oxygen atoms in total. The number of carbonyl (C=O) groups is 3. The van der Waals surface area contributed by atoms with Gasteiger partial charge in [-0.25, -0.2) is 4.79 Å². The molecule has 0 aliphatic rings. The number of nitrogens with one attached hydrogen (secondary N) is 2. The van der Waals surface area contributed by atoms with Gasteiger partial charge >= 0.3 is 5.97 Å². The molecule has 1 unspecified atom stereocenters. The van der Waals surface area contributed by atoms with Gasteiger partial charge in [0.25, 0.3) is 5.91 Å². The van der Waals surface area contributed by atoms with E-state index in [4.69, 9.17) is 4.74 Å². The molecule has 7 heteroatoms. The van der Waals surface area contributed by atoms with Gasteiger partial charge in [0.05, 0.1) is 5.56 Å². The monoisotopic (exact) mass is 340 g/mol. The van der Waals surface area contributed by atoms with Gasteiger partial charge in [-0.2, -0.15) is 0 Å². The maximum absolute atomic E-state index is 12.3. The van der Waals surface area contributed by atoms with Crippen molar-refractivity contribution < 1.29 is 19.1 Å². The van der Waals surface area contributed by atoms with Gasteiger partial charge in [-0.1, -0.05) is 13.3 Å². The van der Waals surface area contributed by atoms with E-state index in [1.54, 1.807) is 6.92 Å². The molecular formula is C16H24N2O4S. The minimum absolute atomic E-state index is 0.0475. The van der Waals surface area contributed by atoms with Crippen LogP contribution in [0.2, 0.25) is 0 Å². The van der Waals surface area contributed by atoms with Gasteiger partial charge in [0.1, 0.15) is 5.00 Å². The van der Waals surface area contributed by atoms with Crippen LogP contribution in [0, 0.1) is 13.8 Å². The van der Waals surface area contributed by atoms with Crippen molar-refractivity contribution in [1.82, 2.24) is 5.32 Å². The van der Waals surface area contributed by atoms with E-state index in [9.17, 15) is 14.4 Å². The first-order chi connectivity index (χ1) is 10.8. The van der Waals surface area contributed by atoms with E-state index in [-0.39, 0.29) is 24.5 Å². The van der Waals surface area contributed by atoms with Crippen molar-refractivity contribution >= 4 is 34.1 Å². The fourth-order valence-corrected chi connectivity index (χ4v) is 3.24. The van der Waals surface area contributed by atoms with Crippen LogP contribution >= 0.6 is 11.3 Å². The fraction of sp³-hybridized carbons (Fsp3) is 0.562. The van der Waals surface area contributed by atoms with Gasteiger partial charge in [-0.05, 0) is 32.8 Å². The van der Waals surface area contributed by atoms with Crippen LogP contribution in [0.3, 0.4) is 0 Å². The highest BCUT2D eigenvalue weighted by atomic mass is 32.1. The summed E-state index contributed by atoms with van der Waals surface area (Å²) in [6, 6.07) is 0.0475. The first-order valence-corrected chi connectivity index (χ1v) is 8.41. The number of anilines is 1. The molecule has 0 saturated carbocycles. The highest BCUT2D eigenvalue weighted by molar-refractivity contribution is 7.16. The Kier molecular flexibility index (Phi) is 7.22. The Morgan fingerprint density at radius 2 is 1.91 bits per heavy atom. The molecule has 0 aliphatic heterocycles. The summed E-state index contributed by atoms with van der Waals surface area (Å²) in [6.45, 7) is 8.64. The summed E-state index contributed by atoms with van der Waals surface area (Å²) in [4.78, 5) is 36.2. The molecule has 1 aromatic rings. The molecule has 0 bridgehead atoms. The number of carbonyl (C=O) groups excluding carboxylic acids is 3. The first-order valence-electron chi connectivity index (χ1n) is 7.60. The molecular weight excluding hydrogens is 316 g/mol. The van der Waals surface area contributed by atoms with Crippen molar-refractivity contribution in [1.29, 1.82) is 0 Å². The zero-order valence-electron chi connectivity index (χ0n) is 14.2. The van der Waals surface area contributed by atoms with E-state index in [1.165, 1.54) is 18.3 Å². The standard InChI is InChI=1S/C16H24N2O4S/c1-6-7-9(2)17-13(20)8-22-16(21)14-10(3)11(4)23-15(14)18-12(5)19/h9H,6-8H2,1-5H3,(H,17,20)(H,18,19). The summed E-state index contributed by atoms with van der Waals surface area (Å²) >= 11 is 1.32. The second kappa shape index (κ2) is 8.67. The predicted molar refractivity (Wildman–Crippen MR) is 90.9 cm³/mol. The third kappa shape index (κ3) is 5.67. The molecule has 23 heavy (non-hydrogen) atoms. The Morgan fingerprint density at radius 1 is 1.26 bits per heavy atom. The zero-order chi connectivity index (χ0) is 17.6. The lowest BCUT2D eigenvalue weighted by molar-refractivity contribution is -0.124. The Labute approximate surface area is 140 Å². The number of aryl methyl sites for hydroxylation is 1. The van der Waals surface area contributed by atoms with Crippen LogP contribution in [-0.4, -0.2) is 30.4 Å². The third-order valence-electron chi connectivity index (χ3n) is 3.34. The van der Waals surface area contributed by atoms with Gasteiger partial charge in [0.15, 0.2) is 6.61 Å². The summed E-state index contributed by atoms with van der Waals surface area (Å²) in [7, 11) is 0. The molecule has 0 fully saturated rings. The second-order valence-electron chi connectivity index (χ2n) is 5.50. The zero-order valence-corrected chi connectivity index (χ0v) is 15.1. The summed E-state index contributed by atoms with van der Waals surface area (Å²) in [5.74, 6) is -1.19. The Hall–Kier alpha value is -1.89.